The predicted octanol–water partition coefficient (Wildman–Crippen LogP) is 4.32. The van der Waals surface area contributed by atoms with Gasteiger partial charge in [-0.25, -0.2) is 0 Å². The van der Waals surface area contributed by atoms with Gasteiger partial charge >= 0.3 is 5.97 Å². The van der Waals surface area contributed by atoms with E-state index in [0.29, 0.717) is 0 Å². The molecular weight excluding hydrogens is 304 g/mol. The number of esters is 1. The molecule has 0 aromatic carbocycles. The second kappa shape index (κ2) is 10.00. The maximum Gasteiger partial charge on any atom is 0.302 e. The Morgan fingerprint density at radius 3 is 2.42 bits per heavy atom. The van der Waals surface area contributed by atoms with Crippen LogP contribution in [0.25, 0.3) is 0 Å². The molecule has 0 aromatic heterocycles. The summed E-state index contributed by atoms with van der Waals surface area (Å²) in [6, 6.07) is 0. The van der Waals surface area contributed by atoms with Gasteiger partial charge in [-0.15, -0.1) is 0 Å². The number of carbonyl (C=O) groups is 1. The van der Waals surface area contributed by atoms with Crippen LogP contribution in [0.3, 0.4) is 0 Å². The van der Waals surface area contributed by atoms with Gasteiger partial charge in [0.15, 0.2) is 0 Å². The van der Waals surface area contributed by atoms with Crippen molar-refractivity contribution in [2.45, 2.75) is 91.0 Å². The van der Waals surface area contributed by atoms with Gasteiger partial charge in [-0.05, 0) is 66.2 Å². The number of epoxide rings is 1. The van der Waals surface area contributed by atoms with Gasteiger partial charge in [0.25, 0.3) is 0 Å². The molecule has 0 radical (unpaired) electrons. The van der Waals surface area contributed by atoms with Crippen LogP contribution in [-0.4, -0.2) is 35.5 Å². The van der Waals surface area contributed by atoms with E-state index in [2.05, 4.69) is 26.0 Å². The third kappa shape index (κ3) is 8.11. The molecule has 138 valence electrons. The molecule has 3 unspecified atom stereocenters. The number of allylic oxidation sites excluding steroid dienone is 4. The Morgan fingerprint density at radius 1 is 1.21 bits per heavy atom. The summed E-state index contributed by atoms with van der Waals surface area (Å²) in [5.41, 5.74) is 2.48. The van der Waals surface area contributed by atoms with E-state index in [1.54, 1.807) is 0 Å². The van der Waals surface area contributed by atoms with Crippen molar-refractivity contribution in [2.75, 3.05) is 6.61 Å². The zero-order valence-electron chi connectivity index (χ0n) is 15.9. The monoisotopic (exact) mass is 338 g/mol. The largest absolute Gasteiger partial charge is 0.463 e. The number of hydrogen-bond acceptors (Lipinski definition) is 4. The normalized spacial score (nSPS) is 25.5. The molecular formula is C20H34O4. The fraction of sp³-hybridized carbons (Fsp3) is 0.750. The molecule has 1 heterocycles. The van der Waals surface area contributed by atoms with Crippen molar-refractivity contribution in [3.8, 4) is 0 Å². The molecule has 0 bridgehead atoms. The smallest absolute Gasteiger partial charge is 0.302 e. The van der Waals surface area contributed by atoms with Gasteiger partial charge in [0.1, 0.15) is 5.60 Å². The van der Waals surface area contributed by atoms with Gasteiger partial charge in [-0.2, -0.15) is 0 Å². The van der Waals surface area contributed by atoms with Crippen molar-refractivity contribution in [2.24, 2.45) is 0 Å². The fourth-order valence-electron chi connectivity index (χ4n) is 2.81. The zero-order chi connectivity index (χ0) is 18.2. The molecule has 0 aliphatic carbocycles. The van der Waals surface area contributed by atoms with E-state index in [-0.39, 0.29) is 30.4 Å². The van der Waals surface area contributed by atoms with E-state index < -0.39 is 0 Å². The highest BCUT2D eigenvalue weighted by Gasteiger charge is 2.50. The lowest BCUT2D eigenvalue weighted by Gasteiger charge is -2.10. The van der Waals surface area contributed by atoms with E-state index in [4.69, 9.17) is 9.47 Å². The first-order chi connectivity index (χ1) is 11.3. The lowest BCUT2D eigenvalue weighted by atomic mass is 10.0. The molecule has 1 saturated heterocycles. The van der Waals surface area contributed by atoms with Crippen molar-refractivity contribution < 1.29 is 19.4 Å². The van der Waals surface area contributed by atoms with Crippen LogP contribution >= 0.6 is 0 Å². The molecule has 3 atom stereocenters. The van der Waals surface area contributed by atoms with E-state index in [1.807, 2.05) is 13.8 Å². The first-order valence-electron chi connectivity index (χ1n) is 9.04. The molecule has 0 spiro atoms. The number of aliphatic hydroxyl groups excluding tert-OH is 1. The first-order valence-corrected chi connectivity index (χ1v) is 9.04. The summed E-state index contributed by atoms with van der Waals surface area (Å²) in [7, 11) is 0. The minimum atomic E-state index is -0.289. The van der Waals surface area contributed by atoms with Crippen LogP contribution in [0.2, 0.25) is 0 Å². The number of ether oxygens (including phenoxy) is 2. The summed E-state index contributed by atoms with van der Waals surface area (Å²) in [5, 5.41) is 9.18. The van der Waals surface area contributed by atoms with Crippen LogP contribution in [0.4, 0.5) is 0 Å². The summed E-state index contributed by atoms with van der Waals surface area (Å²) < 4.78 is 10.6. The highest BCUT2D eigenvalue weighted by atomic mass is 16.6. The second-order valence-electron chi connectivity index (χ2n) is 7.25. The molecule has 0 aromatic rings. The Morgan fingerprint density at radius 2 is 1.83 bits per heavy atom. The second-order valence-corrected chi connectivity index (χ2v) is 7.25. The molecule has 1 N–H and O–H groups in total. The zero-order valence-corrected chi connectivity index (χ0v) is 15.9. The summed E-state index contributed by atoms with van der Waals surface area (Å²) in [6.07, 6.45) is 10.7. The molecule has 0 saturated carbocycles. The van der Waals surface area contributed by atoms with Crippen LogP contribution in [0.1, 0.15) is 73.1 Å². The van der Waals surface area contributed by atoms with Crippen molar-refractivity contribution in [1.29, 1.82) is 0 Å². The minimum absolute atomic E-state index is 0.0112. The Balaban J connectivity index is 2.15. The number of hydrogen-bond donors (Lipinski definition) is 1. The van der Waals surface area contributed by atoms with Gasteiger partial charge in [0, 0.05) is 6.92 Å². The number of aliphatic hydroxyl groups is 1. The van der Waals surface area contributed by atoms with Gasteiger partial charge in [0.05, 0.1) is 18.8 Å². The third-order valence-corrected chi connectivity index (χ3v) is 4.61. The lowest BCUT2D eigenvalue weighted by Crippen LogP contribution is -2.14. The average Bonchev–Trinajstić information content (AvgIpc) is 3.16. The molecule has 0 amide bonds. The van der Waals surface area contributed by atoms with Gasteiger partial charge in [-0.1, -0.05) is 23.3 Å². The Bertz CT molecular complexity index is 466. The van der Waals surface area contributed by atoms with Crippen LogP contribution in [0.15, 0.2) is 23.3 Å². The van der Waals surface area contributed by atoms with Crippen LogP contribution in [0.5, 0.6) is 0 Å². The van der Waals surface area contributed by atoms with E-state index in [1.165, 1.54) is 18.1 Å². The molecule has 1 fully saturated rings. The highest BCUT2D eigenvalue weighted by Crippen LogP contribution is 2.39. The molecule has 4 nitrogen and oxygen atoms in total. The molecule has 24 heavy (non-hydrogen) atoms. The molecule has 1 aliphatic heterocycles. The van der Waals surface area contributed by atoms with E-state index in [9.17, 15) is 9.90 Å². The van der Waals surface area contributed by atoms with Gasteiger partial charge in [0.2, 0.25) is 0 Å². The SMILES string of the molecule is CC(=O)OC(C)CC/C=C(\C)CC/C=C(\C)CCC1OC1(C)CO. The van der Waals surface area contributed by atoms with Gasteiger partial charge in [-0.3, -0.25) is 4.79 Å². The Hall–Kier alpha value is -1.13. The summed E-state index contributed by atoms with van der Waals surface area (Å²) >= 11 is 0. The van der Waals surface area contributed by atoms with Gasteiger partial charge < -0.3 is 14.6 Å². The van der Waals surface area contributed by atoms with Crippen LogP contribution < -0.4 is 0 Å². The molecule has 4 heteroatoms. The fourth-order valence-corrected chi connectivity index (χ4v) is 2.81. The number of rotatable bonds is 11. The minimum Gasteiger partial charge on any atom is -0.463 e. The Labute approximate surface area is 146 Å². The third-order valence-electron chi connectivity index (χ3n) is 4.61. The van der Waals surface area contributed by atoms with Crippen LogP contribution in [-0.2, 0) is 14.3 Å². The van der Waals surface area contributed by atoms with Crippen LogP contribution in [0, 0.1) is 0 Å². The lowest BCUT2D eigenvalue weighted by molar-refractivity contribution is -0.145. The standard InChI is InChI=1S/C20H34O4/c1-15(10-7-11-17(3)23-18(4)22)8-6-9-16(2)12-13-19-20(5,14-21)24-19/h9-10,17,19,21H,6-8,11-14H2,1-5H3/b15-10+,16-9+. The average molecular weight is 338 g/mol. The maximum atomic E-state index is 10.8. The number of carbonyl (C=O) groups excluding carboxylic acids is 1. The summed E-state index contributed by atoms with van der Waals surface area (Å²) in [5.74, 6) is -0.209. The quantitative estimate of drug-likeness (QED) is 0.346. The topological polar surface area (TPSA) is 59.1 Å². The molecule has 1 aliphatic rings. The first kappa shape index (κ1) is 20.9. The van der Waals surface area contributed by atoms with E-state index >= 15 is 0 Å². The Kier molecular flexibility index (Phi) is 8.71. The maximum absolute atomic E-state index is 10.8. The predicted molar refractivity (Wildman–Crippen MR) is 96.8 cm³/mol. The van der Waals surface area contributed by atoms with Crippen molar-refractivity contribution in [3.63, 3.8) is 0 Å². The highest BCUT2D eigenvalue weighted by molar-refractivity contribution is 5.66. The summed E-state index contributed by atoms with van der Waals surface area (Å²) in [4.78, 5) is 10.8. The van der Waals surface area contributed by atoms with Crippen molar-refractivity contribution >= 4 is 5.97 Å². The van der Waals surface area contributed by atoms with E-state index in [0.717, 1.165) is 38.5 Å². The van der Waals surface area contributed by atoms with Crippen molar-refractivity contribution in [1.82, 2.24) is 0 Å². The summed E-state index contributed by atoms with van der Waals surface area (Å²) in [6.45, 7) is 9.78. The molecule has 1 rings (SSSR count). The van der Waals surface area contributed by atoms with Crippen molar-refractivity contribution in [3.05, 3.63) is 23.3 Å².